The smallest absolute Gasteiger partial charge is 0.230 e. The number of alkyl halides is 1. The number of piperidine rings is 1. The Morgan fingerprint density at radius 2 is 2.14 bits per heavy atom. The zero-order valence-electron chi connectivity index (χ0n) is 17.2. The molecule has 0 aromatic carbocycles. The van der Waals surface area contributed by atoms with E-state index in [0.29, 0.717) is 25.0 Å². The lowest BCUT2D eigenvalue weighted by atomic mass is 10.0. The van der Waals surface area contributed by atoms with E-state index in [0.717, 1.165) is 35.6 Å². The van der Waals surface area contributed by atoms with Gasteiger partial charge in [0, 0.05) is 13.1 Å². The average molecular weight is 388 g/mol. The van der Waals surface area contributed by atoms with Crippen LogP contribution in [-0.4, -0.2) is 57.6 Å². The molecule has 2 aromatic rings. The second-order valence-corrected chi connectivity index (χ2v) is 7.13. The van der Waals surface area contributed by atoms with E-state index in [9.17, 15) is 4.39 Å². The molecule has 2 aromatic heterocycles. The summed E-state index contributed by atoms with van der Waals surface area (Å²) in [5.41, 5.74) is 3.33. The predicted molar refractivity (Wildman–Crippen MR) is 109 cm³/mol. The molecule has 0 aliphatic carbocycles. The first kappa shape index (κ1) is 20.3. The highest BCUT2D eigenvalue weighted by atomic mass is 19.1. The minimum Gasteiger partial charge on any atom is -0.477 e. The first-order valence-corrected chi connectivity index (χ1v) is 9.72. The molecular formula is C20H29FN6O. The fraction of sp³-hybridized carbons (Fsp3) is 0.550. The zero-order chi connectivity index (χ0) is 20.3. The summed E-state index contributed by atoms with van der Waals surface area (Å²) in [5, 5.41) is 7.66. The number of ether oxygens (including phenoxy) is 1. The van der Waals surface area contributed by atoms with Crippen LogP contribution in [0.1, 0.15) is 43.3 Å². The summed E-state index contributed by atoms with van der Waals surface area (Å²) < 4.78 is 22.0. The highest BCUT2D eigenvalue weighted by Gasteiger charge is 2.31. The van der Waals surface area contributed by atoms with E-state index >= 15 is 0 Å². The molecule has 28 heavy (non-hydrogen) atoms. The van der Waals surface area contributed by atoms with Gasteiger partial charge >= 0.3 is 0 Å². The molecule has 1 aliphatic heterocycles. The molecule has 3 heterocycles. The van der Waals surface area contributed by atoms with Gasteiger partial charge in [-0.2, -0.15) is 10.1 Å². The lowest BCUT2D eigenvalue weighted by Gasteiger charge is -2.32. The van der Waals surface area contributed by atoms with Crippen LogP contribution in [-0.2, 0) is 0 Å². The molecule has 0 amide bonds. The number of hydrogen-bond acceptors (Lipinski definition) is 6. The second kappa shape index (κ2) is 8.68. The third-order valence-electron chi connectivity index (χ3n) is 5.03. The first-order valence-electron chi connectivity index (χ1n) is 9.72. The Morgan fingerprint density at radius 3 is 2.82 bits per heavy atom. The Balaban J connectivity index is 1.86. The topological polar surface area (TPSA) is 68.1 Å². The minimum absolute atomic E-state index is 0.245. The predicted octanol–water partition coefficient (Wildman–Crippen LogP) is 3.68. The van der Waals surface area contributed by atoms with Crippen LogP contribution in [0.3, 0.4) is 0 Å². The van der Waals surface area contributed by atoms with Crippen LogP contribution < -0.4 is 10.1 Å². The maximum Gasteiger partial charge on any atom is 0.230 e. The van der Waals surface area contributed by atoms with Gasteiger partial charge in [0.2, 0.25) is 11.8 Å². The molecule has 1 N–H and O–H groups in total. The van der Waals surface area contributed by atoms with Crippen molar-refractivity contribution in [3.05, 3.63) is 29.2 Å². The largest absolute Gasteiger partial charge is 0.477 e. The van der Waals surface area contributed by atoms with Crippen molar-refractivity contribution in [3.8, 4) is 5.88 Å². The Morgan fingerprint density at radius 1 is 1.36 bits per heavy atom. The third kappa shape index (κ3) is 4.16. The Labute approximate surface area is 165 Å². The van der Waals surface area contributed by atoms with E-state index in [2.05, 4.69) is 20.4 Å². The highest BCUT2D eigenvalue weighted by Crippen LogP contribution is 2.30. The number of hydrogen-bond donors (Lipinski definition) is 1. The zero-order valence-corrected chi connectivity index (χ0v) is 17.2. The molecule has 3 rings (SSSR count). The van der Waals surface area contributed by atoms with Crippen molar-refractivity contribution in [2.24, 2.45) is 0 Å². The quantitative estimate of drug-likeness (QED) is 0.814. The number of aryl methyl sites for hydroxylation is 1. The van der Waals surface area contributed by atoms with E-state index in [1.165, 1.54) is 0 Å². The second-order valence-electron chi connectivity index (χ2n) is 7.13. The van der Waals surface area contributed by atoms with Crippen molar-refractivity contribution >= 4 is 17.7 Å². The number of nitrogens with one attached hydrogen (secondary N) is 1. The van der Waals surface area contributed by atoms with E-state index < -0.39 is 6.17 Å². The van der Waals surface area contributed by atoms with Crippen molar-refractivity contribution < 1.29 is 9.13 Å². The fourth-order valence-corrected chi connectivity index (χ4v) is 3.54. The Hall–Kier alpha value is -2.48. The molecular weight excluding hydrogens is 359 g/mol. The van der Waals surface area contributed by atoms with Crippen LogP contribution >= 0.6 is 0 Å². The number of aromatic nitrogens is 4. The molecule has 8 heteroatoms. The maximum absolute atomic E-state index is 14.5. The molecule has 1 aliphatic rings. The molecule has 2 unspecified atom stereocenters. The molecule has 0 radical (unpaired) electrons. The van der Waals surface area contributed by atoms with E-state index in [1.54, 1.807) is 10.9 Å². The summed E-state index contributed by atoms with van der Waals surface area (Å²) in [7, 11) is 1.94. The van der Waals surface area contributed by atoms with Crippen LogP contribution in [0.4, 0.5) is 16.0 Å². The van der Waals surface area contributed by atoms with Crippen molar-refractivity contribution in [2.75, 3.05) is 32.1 Å². The average Bonchev–Trinajstić information content (AvgIpc) is 2.99. The number of rotatable bonds is 6. The number of nitrogens with zero attached hydrogens (tertiary/aromatic N) is 5. The van der Waals surface area contributed by atoms with E-state index in [1.807, 2.05) is 51.8 Å². The van der Waals surface area contributed by atoms with Gasteiger partial charge in [0.1, 0.15) is 6.17 Å². The van der Waals surface area contributed by atoms with Crippen molar-refractivity contribution in [2.45, 2.75) is 46.3 Å². The van der Waals surface area contributed by atoms with Crippen molar-refractivity contribution in [3.63, 3.8) is 0 Å². The Bertz CT molecular complexity index is 849. The lowest BCUT2D eigenvalue weighted by molar-refractivity contribution is 0.0994. The van der Waals surface area contributed by atoms with E-state index in [4.69, 9.17) is 4.74 Å². The summed E-state index contributed by atoms with van der Waals surface area (Å²) in [6.07, 6.45) is 5.38. The van der Waals surface area contributed by atoms with Gasteiger partial charge in [-0.25, -0.2) is 9.37 Å². The summed E-state index contributed by atoms with van der Waals surface area (Å²) in [5.74, 6) is 0.983. The van der Waals surface area contributed by atoms with Gasteiger partial charge in [-0.1, -0.05) is 12.2 Å². The molecule has 152 valence electrons. The van der Waals surface area contributed by atoms with Crippen LogP contribution in [0.5, 0.6) is 5.88 Å². The number of halogens is 1. The first-order chi connectivity index (χ1) is 13.4. The minimum atomic E-state index is -0.937. The van der Waals surface area contributed by atoms with Gasteiger partial charge in [-0.15, -0.1) is 0 Å². The molecule has 0 saturated carbocycles. The van der Waals surface area contributed by atoms with Gasteiger partial charge in [-0.3, -0.25) is 4.68 Å². The van der Waals surface area contributed by atoms with Crippen molar-refractivity contribution in [1.82, 2.24) is 24.6 Å². The number of allylic oxidation sites excluding steroid dienone is 1. The summed E-state index contributed by atoms with van der Waals surface area (Å²) in [6.45, 7) is 9.54. The van der Waals surface area contributed by atoms with Crippen LogP contribution in [0, 0.1) is 13.8 Å². The number of anilines is 2. The molecule has 2 atom stereocenters. The fourth-order valence-electron chi connectivity index (χ4n) is 3.54. The Kier molecular flexibility index (Phi) is 6.28. The van der Waals surface area contributed by atoms with E-state index in [-0.39, 0.29) is 6.04 Å². The standard InChI is InChI=1S/C20H29FN6O/c1-6-8-15-13(3)23-20(25-19(15)28-7-2)24-17-11-22-27(14(17)4)18-9-10-26(5)12-16(18)21/h6,8,11,16,18H,7,9-10,12H2,1-5H3,(H,23,24,25)/b8-6-. The van der Waals surface area contributed by atoms with Gasteiger partial charge in [-0.05, 0) is 41.2 Å². The summed E-state index contributed by atoms with van der Waals surface area (Å²) in [4.78, 5) is 11.1. The monoisotopic (exact) mass is 388 g/mol. The normalized spacial score (nSPS) is 20.6. The maximum atomic E-state index is 14.5. The lowest BCUT2D eigenvalue weighted by Crippen LogP contribution is -2.41. The van der Waals surface area contributed by atoms with Crippen LogP contribution in [0.15, 0.2) is 12.3 Å². The summed E-state index contributed by atoms with van der Waals surface area (Å²) >= 11 is 0. The van der Waals surface area contributed by atoms with Gasteiger partial charge in [0.05, 0.1) is 41.5 Å². The SMILES string of the molecule is C/C=C\c1c(C)nc(Nc2cnn(C3CCN(C)CC3F)c2C)nc1OCC. The molecule has 0 bridgehead atoms. The highest BCUT2D eigenvalue weighted by molar-refractivity contribution is 5.61. The molecule has 1 saturated heterocycles. The number of likely N-dealkylation sites (tertiary alicyclic amines) is 1. The van der Waals surface area contributed by atoms with Crippen LogP contribution in [0.2, 0.25) is 0 Å². The third-order valence-corrected chi connectivity index (χ3v) is 5.03. The van der Waals surface area contributed by atoms with Crippen LogP contribution in [0.25, 0.3) is 6.08 Å². The van der Waals surface area contributed by atoms with Gasteiger partial charge in [0.25, 0.3) is 0 Å². The van der Waals surface area contributed by atoms with Gasteiger partial charge in [0.15, 0.2) is 0 Å². The van der Waals surface area contributed by atoms with Crippen molar-refractivity contribution in [1.29, 1.82) is 0 Å². The summed E-state index contributed by atoms with van der Waals surface area (Å²) in [6, 6.07) is -0.245. The van der Waals surface area contributed by atoms with Gasteiger partial charge < -0.3 is 15.0 Å². The molecule has 7 nitrogen and oxygen atoms in total. The molecule has 0 spiro atoms. The molecule has 1 fully saturated rings.